The Kier molecular flexibility index (Phi) is 4.60. The molecule has 0 radical (unpaired) electrons. The van der Waals surface area contributed by atoms with Crippen LogP contribution in [-0.4, -0.2) is 5.91 Å². The number of halogens is 4. The average molecular weight is 407 g/mol. The van der Waals surface area contributed by atoms with Crippen LogP contribution in [0, 0.1) is 5.82 Å². The molecule has 0 aliphatic heterocycles. The highest BCUT2D eigenvalue weighted by molar-refractivity contribution is 9.10. The van der Waals surface area contributed by atoms with Gasteiger partial charge in [-0.2, -0.15) is 0 Å². The van der Waals surface area contributed by atoms with Crippen LogP contribution in [0.25, 0.3) is 0 Å². The van der Waals surface area contributed by atoms with Gasteiger partial charge in [0.05, 0.1) is 10.7 Å². The molecular weight excluding hydrogens is 400 g/mol. The molecule has 2 aromatic carbocycles. The van der Waals surface area contributed by atoms with Gasteiger partial charge in [-0.3, -0.25) is 4.79 Å². The molecule has 0 atom stereocenters. The summed E-state index contributed by atoms with van der Waals surface area (Å²) in [6.07, 6.45) is 0. The second-order valence-electron chi connectivity index (χ2n) is 3.71. The smallest absolute Gasteiger partial charge is 0.255 e. The molecule has 2 nitrogen and oxygen atoms in total. The van der Waals surface area contributed by atoms with Crippen molar-refractivity contribution in [2.24, 2.45) is 0 Å². The Balaban J connectivity index is 2.25. The third-order valence-corrected chi connectivity index (χ3v) is 4.08. The zero-order chi connectivity index (χ0) is 14.0. The highest BCUT2D eigenvalue weighted by Crippen LogP contribution is 2.25. The Bertz CT molecular complexity index is 649. The number of benzene rings is 2. The molecule has 0 fully saturated rings. The first-order chi connectivity index (χ1) is 8.97. The van der Waals surface area contributed by atoms with Crippen LogP contribution in [0.4, 0.5) is 10.1 Å². The Labute approximate surface area is 131 Å². The zero-order valence-corrected chi connectivity index (χ0v) is 13.3. The molecule has 19 heavy (non-hydrogen) atoms. The summed E-state index contributed by atoms with van der Waals surface area (Å²) in [4.78, 5) is 12.0. The van der Waals surface area contributed by atoms with E-state index in [1.807, 2.05) is 0 Å². The molecular formula is C13H7Br2ClFNO. The minimum atomic E-state index is -0.500. The van der Waals surface area contributed by atoms with Gasteiger partial charge in [0.2, 0.25) is 0 Å². The summed E-state index contributed by atoms with van der Waals surface area (Å²) in [6.45, 7) is 0. The molecule has 1 amide bonds. The molecule has 2 rings (SSSR count). The van der Waals surface area contributed by atoms with Gasteiger partial charge in [-0.05, 0) is 52.3 Å². The minimum Gasteiger partial charge on any atom is -0.319 e. The molecule has 98 valence electrons. The Hall–Kier alpha value is -0.910. The first-order valence-electron chi connectivity index (χ1n) is 5.19. The van der Waals surface area contributed by atoms with Crippen molar-refractivity contribution >= 4 is 55.1 Å². The van der Waals surface area contributed by atoms with Gasteiger partial charge in [-0.15, -0.1) is 0 Å². The first kappa shape index (κ1) is 14.5. The van der Waals surface area contributed by atoms with Crippen LogP contribution in [0.3, 0.4) is 0 Å². The molecule has 6 heteroatoms. The van der Waals surface area contributed by atoms with E-state index in [0.717, 1.165) is 0 Å². The van der Waals surface area contributed by atoms with E-state index in [1.54, 1.807) is 18.2 Å². The summed E-state index contributed by atoms with van der Waals surface area (Å²) in [5.74, 6) is -0.925. The highest BCUT2D eigenvalue weighted by atomic mass is 79.9. The summed E-state index contributed by atoms with van der Waals surface area (Å²) in [6, 6.07) is 9.09. The third kappa shape index (κ3) is 3.55. The summed E-state index contributed by atoms with van der Waals surface area (Å²) in [7, 11) is 0. The van der Waals surface area contributed by atoms with Gasteiger partial charge in [0.15, 0.2) is 0 Å². The van der Waals surface area contributed by atoms with Crippen molar-refractivity contribution in [1.82, 2.24) is 0 Å². The lowest BCUT2D eigenvalue weighted by Gasteiger charge is -2.07. The summed E-state index contributed by atoms with van der Waals surface area (Å²) in [5.41, 5.74) is 0.464. The van der Waals surface area contributed by atoms with E-state index in [9.17, 15) is 9.18 Å². The summed E-state index contributed by atoms with van der Waals surface area (Å²) in [5, 5.41) is 2.91. The van der Waals surface area contributed by atoms with Crippen LogP contribution in [0.2, 0.25) is 5.02 Å². The normalized spacial score (nSPS) is 10.3. The first-order valence-corrected chi connectivity index (χ1v) is 7.15. The van der Waals surface area contributed by atoms with Crippen LogP contribution >= 0.6 is 43.5 Å². The molecule has 0 saturated carbocycles. The monoisotopic (exact) mass is 405 g/mol. The number of carbonyl (C=O) groups is 1. The average Bonchev–Trinajstić information content (AvgIpc) is 2.37. The fraction of sp³-hybridized carbons (Fsp3) is 0. The number of hydrogen-bond donors (Lipinski definition) is 1. The third-order valence-electron chi connectivity index (χ3n) is 2.36. The SMILES string of the molecule is O=C(Nc1cc(Br)ccc1F)c1ccc(Br)c(Cl)c1. The summed E-state index contributed by atoms with van der Waals surface area (Å²) >= 11 is 12.4. The van der Waals surface area contributed by atoms with E-state index in [2.05, 4.69) is 37.2 Å². The predicted octanol–water partition coefficient (Wildman–Crippen LogP) is 5.26. The summed E-state index contributed by atoms with van der Waals surface area (Å²) < 4.78 is 14.9. The number of amides is 1. The van der Waals surface area contributed by atoms with E-state index in [0.29, 0.717) is 19.5 Å². The van der Waals surface area contributed by atoms with E-state index >= 15 is 0 Å². The van der Waals surface area contributed by atoms with Crippen molar-refractivity contribution < 1.29 is 9.18 Å². The lowest BCUT2D eigenvalue weighted by molar-refractivity contribution is 0.102. The van der Waals surface area contributed by atoms with E-state index in [-0.39, 0.29) is 5.69 Å². The van der Waals surface area contributed by atoms with Crippen molar-refractivity contribution in [2.45, 2.75) is 0 Å². The van der Waals surface area contributed by atoms with Crippen LogP contribution in [0.15, 0.2) is 45.3 Å². The number of rotatable bonds is 2. The lowest BCUT2D eigenvalue weighted by Crippen LogP contribution is -2.13. The van der Waals surface area contributed by atoms with Crippen molar-refractivity contribution in [3.8, 4) is 0 Å². The fourth-order valence-electron chi connectivity index (χ4n) is 1.43. The zero-order valence-electron chi connectivity index (χ0n) is 9.38. The quantitative estimate of drug-likeness (QED) is 0.723. The van der Waals surface area contributed by atoms with Gasteiger partial charge < -0.3 is 5.32 Å². The van der Waals surface area contributed by atoms with Gasteiger partial charge >= 0.3 is 0 Å². The number of anilines is 1. The van der Waals surface area contributed by atoms with Gasteiger partial charge in [-0.1, -0.05) is 27.5 Å². The fourth-order valence-corrected chi connectivity index (χ4v) is 2.21. The largest absolute Gasteiger partial charge is 0.319 e. The number of nitrogens with one attached hydrogen (secondary N) is 1. The standard InChI is InChI=1S/C13H7Br2ClFNO/c14-8-2-4-11(17)12(6-8)18-13(19)7-1-3-9(15)10(16)5-7/h1-6H,(H,18,19). The molecule has 1 N–H and O–H groups in total. The Morgan fingerprint density at radius 1 is 1.16 bits per heavy atom. The molecule has 0 saturated heterocycles. The maximum absolute atomic E-state index is 13.5. The molecule has 0 heterocycles. The number of hydrogen-bond acceptors (Lipinski definition) is 1. The Morgan fingerprint density at radius 3 is 2.58 bits per heavy atom. The van der Waals surface area contributed by atoms with Crippen molar-refractivity contribution in [3.63, 3.8) is 0 Å². The van der Waals surface area contributed by atoms with Gasteiger partial charge in [-0.25, -0.2) is 4.39 Å². The van der Waals surface area contributed by atoms with Gasteiger partial charge in [0.25, 0.3) is 5.91 Å². The molecule has 0 bridgehead atoms. The molecule has 0 aliphatic rings. The second-order valence-corrected chi connectivity index (χ2v) is 5.88. The van der Waals surface area contributed by atoms with Gasteiger partial charge in [0, 0.05) is 14.5 Å². The van der Waals surface area contributed by atoms with Crippen molar-refractivity contribution in [2.75, 3.05) is 5.32 Å². The molecule has 0 spiro atoms. The molecule has 0 aliphatic carbocycles. The Morgan fingerprint density at radius 2 is 1.89 bits per heavy atom. The molecule has 0 unspecified atom stereocenters. The van der Waals surface area contributed by atoms with Crippen molar-refractivity contribution in [1.29, 1.82) is 0 Å². The predicted molar refractivity (Wildman–Crippen MR) is 81.2 cm³/mol. The minimum absolute atomic E-state index is 0.110. The van der Waals surface area contributed by atoms with Gasteiger partial charge in [0.1, 0.15) is 5.82 Å². The van der Waals surface area contributed by atoms with E-state index in [1.165, 1.54) is 18.2 Å². The van der Waals surface area contributed by atoms with Crippen LogP contribution in [0.1, 0.15) is 10.4 Å². The van der Waals surface area contributed by atoms with E-state index < -0.39 is 11.7 Å². The topological polar surface area (TPSA) is 29.1 Å². The highest BCUT2D eigenvalue weighted by Gasteiger charge is 2.11. The van der Waals surface area contributed by atoms with Crippen molar-refractivity contribution in [3.05, 3.63) is 61.7 Å². The number of carbonyl (C=O) groups excluding carboxylic acids is 1. The van der Waals surface area contributed by atoms with E-state index in [4.69, 9.17) is 11.6 Å². The van der Waals surface area contributed by atoms with Crippen LogP contribution in [-0.2, 0) is 0 Å². The lowest BCUT2D eigenvalue weighted by atomic mass is 10.2. The maximum atomic E-state index is 13.5. The maximum Gasteiger partial charge on any atom is 0.255 e. The molecule has 0 aromatic heterocycles. The van der Waals surface area contributed by atoms with Crippen LogP contribution < -0.4 is 5.32 Å². The van der Waals surface area contributed by atoms with Crippen LogP contribution in [0.5, 0.6) is 0 Å². The second kappa shape index (κ2) is 6.03. The molecule has 2 aromatic rings.